The number of rotatable bonds is 3. The molecular weight excluding hydrogens is 262 g/mol. The zero-order chi connectivity index (χ0) is 14.0. The molecule has 5 heteroatoms. The summed E-state index contributed by atoms with van der Waals surface area (Å²) in [7, 11) is 0. The molecule has 1 aromatic carbocycles. The summed E-state index contributed by atoms with van der Waals surface area (Å²) >= 11 is 0.959. The molecule has 0 aliphatic carbocycles. The second-order valence-electron chi connectivity index (χ2n) is 4.78. The van der Waals surface area contributed by atoms with Crippen LogP contribution in [-0.4, -0.2) is 27.7 Å². The molecule has 1 heterocycles. The van der Waals surface area contributed by atoms with Crippen molar-refractivity contribution in [2.24, 2.45) is 5.92 Å². The van der Waals surface area contributed by atoms with Gasteiger partial charge < -0.3 is 5.11 Å². The third kappa shape index (κ3) is 3.17. The molecule has 1 N–H and O–H groups in total. The van der Waals surface area contributed by atoms with Crippen molar-refractivity contribution in [3.05, 3.63) is 34.7 Å². The van der Waals surface area contributed by atoms with E-state index in [2.05, 4.69) is 0 Å². The van der Waals surface area contributed by atoms with E-state index in [0.717, 1.165) is 17.3 Å². The lowest BCUT2D eigenvalue weighted by Gasteiger charge is -2.14. The van der Waals surface area contributed by atoms with E-state index in [0.29, 0.717) is 11.4 Å². The minimum Gasteiger partial charge on any atom is -0.508 e. The Hall–Kier alpha value is -1.75. The Morgan fingerprint density at radius 1 is 1.26 bits per heavy atom. The first-order chi connectivity index (χ1) is 8.97. The summed E-state index contributed by atoms with van der Waals surface area (Å²) < 4.78 is 0. The first-order valence-corrected chi connectivity index (χ1v) is 6.83. The minimum atomic E-state index is -0.239. The van der Waals surface area contributed by atoms with Crippen molar-refractivity contribution in [3.8, 4) is 5.75 Å². The van der Waals surface area contributed by atoms with Crippen molar-refractivity contribution in [1.29, 1.82) is 0 Å². The quantitative estimate of drug-likeness (QED) is 0.863. The molecule has 0 unspecified atom stereocenters. The number of aromatic hydroxyl groups is 1. The van der Waals surface area contributed by atoms with Crippen LogP contribution >= 0.6 is 11.8 Å². The Bertz CT molecular complexity index is 534. The minimum absolute atomic E-state index is 0.171. The fourth-order valence-electron chi connectivity index (χ4n) is 1.74. The summed E-state index contributed by atoms with van der Waals surface area (Å²) in [5, 5.41) is 8.98. The Morgan fingerprint density at radius 2 is 1.89 bits per heavy atom. The van der Waals surface area contributed by atoms with Crippen LogP contribution in [0.3, 0.4) is 0 Å². The van der Waals surface area contributed by atoms with Crippen LogP contribution in [0, 0.1) is 5.92 Å². The van der Waals surface area contributed by atoms with E-state index in [1.165, 1.54) is 4.90 Å². The second-order valence-corrected chi connectivity index (χ2v) is 5.77. The van der Waals surface area contributed by atoms with Gasteiger partial charge in [-0.05, 0) is 41.5 Å². The maximum absolute atomic E-state index is 12.1. The maximum Gasteiger partial charge on any atom is 0.293 e. The third-order valence-electron chi connectivity index (χ3n) is 2.61. The van der Waals surface area contributed by atoms with E-state index >= 15 is 0 Å². The van der Waals surface area contributed by atoms with Gasteiger partial charge in [-0.3, -0.25) is 14.5 Å². The Labute approximate surface area is 116 Å². The lowest BCUT2D eigenvalue weighted by molar-refractivity contribution is -0.123. The summed E-state index contributed by atoms with van der Waals surface area (Å²) in [6.07, 6.45) is 1.67. The predicted molar refractivity (Wildman–Crippen MR) is 75.6 cm³/mol. The van der Waals surface area contributed by atoms with E-state index in [4.69, 9.17) is 0 Å². The van der Waals surface area contributed by atoms with E-state index in [-0.39, 0.29) is 22.8 Å². The molecular formula is C14H15NO3S. The van der Waals surface area contributed by atoms with Crippen LogP contribution in [-0.2, 0) is 4.79 Å². The van der Waals surface area contributed by atoms with Gasteiger partial charge >= 0.3 is 0 Å². The van der Waals surface area contributed by atoms with Gasteiger partial charge in [-0.25, -0.2) is 0 Å². The summed E-state index contributed by atoms with van der Waals surface area (Å²) in [6, 6.07) is 6.49. The molecule has 100 valence electrons. The SMILES string of the molecule is CC(C)CN1C(=O)S/C(=C/c2ccc(O)cc2)C1=O. The number of carbonyl (C=O) groups excluding carboxylic acids is 2. The topological polar surface area (TPSA) is 57.6 Å². The maximum atomic E-state index is 12.1. The van der Waals surface area contributed by atoms with Crippen LogP contribution in [0.1, 0.15) is 19.4 Å². The van der Waals surface area contributed by atoms with Crippen LogP contribution in [0.5, 0.6) is 5.75 Å². The van der Waals surface area contributed by atoms with Gasteiger partial charge in [0.15, 0.2) is 0 Å². The summed E-state index contributed by atoms with van der Waals surface area (Å²) in [4.78, 5) is 25.6. The molecule has 0 spiro atoms. The molecule has 1 aliphatic rings. The molecule has 4 nitrogen and oxygen atoms in total. The van der Waals surface area contributed by atoms with Crippen molar-refractivity contribution < 1.29 is 14.7 Å². The van der Waals surface area contributed by atoms with Gasteiger partial charge in [0.2, 0.25) is 0 Å². The average molecular weight is 277 g/mol. The molecule has 1 saturated heterocycles. The van der Waals surface area contributed by atoms with Gasteiger partial charge in [0.05, 0.1) is 4.91 Å². The Kier molecular flexibility index (Phi) is 3.95. The number of carbonyl (C=O) groups is 2. The number of thioether (sulfide) groups is 1. The predicted octanol–water partition coefficient (Wildman–Crippen LogP) is 3.08. The molecule has 2 amide bonds. The molecule has 0 radical (unpaired) electrons. The number of phenolic OH excluding ortho intramolecular Hbond substituents is 1. The molecule has 1 aromatic rings. The van der Waals surface area contributed by atoms with Crippen molar-refractivity contribution in [3.63, 3.8) is 0 Å². The van der Waals surface area contributed by atoms with E-state index in [1.54, 1.807) is 30.3 Å². The van der Waals surface area contributed by atoms with E-state index in [9.17, 15) is 14.7 Å². The Balaban J connectivity index is 2.20. The highest BCUT2D eigenvalue weighted by molar-refractivity contribution is 8.18. The van der Waals surface area contributed by atoms with Crippen molar-refractivity contribution in [2.75, 3.05) is 6.54 Å². The second kappa shape index (κ2) is 5.48. The fourth-order valence-corrected chi connectivity index (χ4v) is 2.59. The third-order valence-corrected chi connectivity index (χ3v) is 3.52. The molecule has 2 rings (SSSR count). The number of benzene rings is 1. The van der Waals surface area contributed by atoms with Gasteiger partial charge in [0.1, 0.15) is 5.75 Å². The summed E-state index contributed by atoms with van der Waals surface area (Å²) in [6.45, 7) is 4.37. The lowest BCUT2D eigenvalue weighted by Crippen LogP contribution is -2.31. The van der Waals surface area contributed by atoms with Gasteiger partial charge in [-0.15, -0.1) is 0 Å². The van der Waals surface area contributed by atoms with Gasteiger partial charge in [0.25, 0.3) is 11.1 Å². The van der Waals surface area contributed by atoms with Crippen molar-refractivity contribution in [2.45, 2.75) is 13.8 Å². The summed E-state index contributed by atoms with van der Waals surface area (Å²) in [5.41, 5.74) is 0.785. The number of hydrogen-bond donors (Lipinski definition) is 1. The molecule has 0 aromatic heterocycles. The molecule has 0 atom stereocenters. The largest absolute Gasteiger partial charge is 0.508 e. The normalized spacial score (nSPS) is 17.8. The lowest BCUT2D eigenvalue weighted by atomic mass is 10.2. The molecule has 19 heavy (non-hydrogen) atoms. The molecule has 0 saturated carbocycles. The number of imide groups is 1. The first-order valence-electron chi connectivity index (χ1n) is 6.02. The van der Waals surface area contributed by atoms with Gasteiger partial charge in [0, 0.05) is 6.54 Å². The molecule has 1 fully saturated rings. The van der Waals surface area contributed by atoms with Crippen molar-refractivity contribution in [1.82, 2.24) is 4.90 Å². The molecule has 1 aliphatic heterocycles. The molecule has 0 bridgehead atoms. The van der Waals surface area contributed by atoms with Crippen molar-refractivity contribution >= 4 is 29.0 Å². The number of amides is 2. The zero-order valence-corrected chi connectivity index (χ0v) is 11.6. The number of phenols is 1. The smallest absolute Gasteiger partial charge is 0.293 e. The monoisotopic (exact) mass is 277 g/mol. The zero-order valence-electron chi connectivity index (χ0n) is 10.8. The van der Waals surface area contributed by atoms with Gasteiger partial charge in [-0.1, -0.05) is 26.0 Å². The van der Waals surface area contributed by atoms with Crippen LogP contribution < -0.4 is 0 Å². The summed E-state index contributed by atoms with van der Waals surface area (Å²) in [5.74, 6) is 0.184. The van der Waals surface area contributed by atoms with Gasteiger partial charge in [-0.2, -0.15) is 0 Å². The van der Waals surface area contributed by atoms with E-state index < -0.39 is 0 Å². The fraction of sp³-hybridized carbons (Fsp3) is 0.286. The standard InChI is InChI=1S/C14H15NO3S/c1-9(2)8-15-13(17)12(19-14(15)18)7-10-3-5-11(16)6-4-10/h3-7,9,16H,8H2,1-2H3/b12-7+. The Morgan fingerprint density at radius 3 is 2.47 bits per heavy atom. The first kappa shape index (κ1) is 13.7. The average Bonchev–Trinajstić information content (AvgIpc) is 2.60. The number of hydrogen-bond acceptors (Lipinski definition) is 4. The van der Waals surface area contributed by atoms with Crippen LogP contribution in [0.4, 0.5) is 4.79 Å². The van der Waals surface area contributed by atoms with Crippen LogP contribution in [0.2, 0.25) is 0 Å². The highest BCUT2D eigenvalue weighted by atomic mass is 32.2. The highest BCUT2D eigenvalue weighted by Gasteiger charge is 2.35. The van der Waals surface area contributed by atoms with Crippen LogP contribution in [0.25, 0.3) is 6.08 Å². The van der Waals surface area contributed by atoms with E-state index in [1.807, 2.05) is 13.8 Å². The van der Waals surface area contributed by atoms with Crippen LogP contribution in [0.15, 0.2) is 29.2 Å². The highest BCUT2D eigenvalue weighted by Crippen LogP contribution is 2.32. The number of nitrogens with zero attached hydrogens (tertiary/aromatic N) is 1.